The molecule has 1 atom stereocenters. The molecule has 0 saturated heterocycles. The molecule has 0 amide bonds. The number of carbonyl (C=O) groups excluding carboxylic acids is 1. The monoisotopic (exact) mass is 403 g/mol. The van der Waals surface area contributed by atoms with Crippen LogP contribution < -0.4 is 15.3 Å². The number of ketones is 1. The van der Waals surface area contributed by atoms with Crippen LogP contribution in [0.25, 0.3) is 45.0 Å². The van der Waals surface area contributed by atoms with Crippen molar-refractivity contribution in [1.82, 2.24) is 9.13 Å². The number of aromatic nitrogens is 2. The van der Waals surface area contributed by atoms with E-state index in [4.69, 9.17) is 4.74 Å². The lowest BCUT2D eigenvalue weighted by Gasteiger charge is -2.27. The Hall–Kier alpha value is -3.86. The summed E-state index contributed by atoms with van der Waals surface area (Å²) in [7, 11) is 0. The van der Waals surface area contributed by atoms with Gasteiger partial charge in [-0.25, -0.2) is 0 Å². The van der Waals surface area contributed by atoms with Gasteiger partial charge in [0.15, 0.2) is 5.78 Å². The minimum Gasteiger partial charge on any atom is -0.482 e. The van der Waals surface area contributed by atoms with E-state index in [0.29, 0.717) is 13.1 Å². The number of fused-ring (bicyclic) bond motifs is 9. The van der Waals surface area contributed by atoms with Crippen LogP contribution in [0.1, 0.15) is 22.8 Å². The van der Waals surface area contributed by atoms with E-state index in [1.165, 1.54) is 21.8 Å². The van der Waals surface area contributed by atoms with E-state index in [1.807, 2.05) is 18.5 Å². The van der Waals surface area contributed by atoms with Gasteiger partial charge in [0, 0.05) is 52.0 Å². The summed E-state index contributed by atoms with van der Waals surface area (Å²) in [6.45, 7) is 3.53. The van der Waals surface area contributed by atoms with Gasteiger partial charge in [-0.2, -0.15) is 0 Å². The Morgan fingerprint density at radius 3 is 3.00 bits per heavy atom. The van der Waals surface area contributed by atoms with E-state index in [9.17, 15) is 4.79 Å². The van der Waals surface area contributed by atoms with Crippen LogP contribution in [-0.4, -0.2) is 26.7 Å². The first kappa shape index (κ1) is 15.9. The molecular formula is C26H17N3O2. The third-order valence-electron chi connectivity index (χ3n) is 7.13. The minimum absolute atomic E-state index is 0.0616. The van der Waals surface area contributed by atoms with Crippen LogP contribution in [0.2, 0.25) is 0 Å². The van der Waals surface area contributed by atoms with Crippen molar-refractivity contribution in [3.05, 3.63) is 64.2 Å². The minimum atomic E-state index is -0.454. The van der Waals surface area contributed by atoms with Crippen molar-refractivity contribution in [3.63, 3.8) is 0 Å². The SMILES string of the molecule is CC12/C=C\Cn3c4c(c5c6c(c7c8ccc(cc8n(c7c53)C1)O2)C=NC=6)C(=O)C=CC=4. The fraction of sp³-hybridized carbons (Fsp3) is 0.154. The van der Waals surface area contributed by atoms with Gasteiger partial charge in [0.2, 0.25) is 0 Å². The summed E-state index contributed by atoms with van der Waals surface area (Å²) in [5.41, 5.74) is 4.89. The average molecular weight is 403 g/mol. The normalized spacial score (nSPS) is 23.1. The number of hydrogen-bond donors (Lipinski definition) is 0. The number of allylic oxidation sites excluding steroid dienone is 3. The molecule has 31 heavy (non-hydrogen) atoms. The van der Waals surface area contributed by atoms with Gasteiger partial charge in [-0.3, -0.25) is 9.79 Å². The maximum absolute atomic E-state index is 13.1. The summed E-state index contributed by atoms with van der Waals surface area (Å²) in [6.07, 6.45) is 13.8. The first-order chi connectivity index (χ1) is 15.1. The van der Waals surface area contributed by atoms with Crippen molar-refractivity contribution >= 4 is 57.0 Å². The van der Waals surface area contributed by atoms with E-state index in [1.54, 1.807) is 6.08 Å². The molecule has 5 nitrogen and oxygen atoms in total. The zero-order chi connectivity index (χ0) is 20.5. The van der Waals surface area contributed by atoms with Crippen LogP contribution in [0, 0.1) is 0 Å². The van der Waals surface area contributed by atoms with Crippen LogP contribution in [0.15, 0.2) is 47.5 Å². The van der Waals surface area contributed by atoms with Crippen LogP contribution >= 0.6 is 0 Å². The molecule has 0 saturated carbocycles. The highest BCUT2D eigenvalue weighted by Crippen LogP contribution is 2.41. The number of carbonyl (C=O) groups is 1. The van der Waals surface area contributed by atoms with Gasteiger partial charge in [-0.05, 0) is 37.3 Å². The Morgan fingerprint density at radius 2 is 2.06 bits per heavy atom. The Balaban J connectivity index is 1.78. The zero-order valence-electron chi connectivity index (χ0n) is 16.8. The number of benzene rings is 2. The predicted octanol–water partition coefficient (Wildman–Crippen LogP) is 3.17. The zero-order valence-corrected chi connectivity index (χ0v) is 16.8. The third kappa shape index (κ3) is 1.72. The number of ether oxygens (including phenoxy) is 1. The maximum Gasteiger partial charge on any atom is 0.188 e. The number of hydrogen-bond acceptors (Lipinski definition) is 3. The van der Waals surface area contributed by atoms with Gasteiger partial charge in [-0.1, -0.05) is 12.2 Å². The molecule has 5 heteroatoms. The first-order valence-corrected chi connectivity index (χ1v) is 10.6. The molecular weight excluding hydrogens is 386 g/mol. The lowest BCUT2D eigenvalue weighted by Crippen LogP contribution is -2.34. The molecule has 4 bridgehead atoms. The summed E-state index contributed by atoms with van der Waals surface area (Å²) < 4.78 is 11.1. The molecule has 0 fully saturated rings. The van der Waals surface area contributed by atoms with Crippen molar-refractivity contribution in [2.75, 3.05) is 0 Å². The molecule has 0 N–H and O–H groups in total. The molecule has 3 aliphatic heterocycles. The van der Waals surface area contributed by atoms with Crippen LogP contribution in [0.5, 0.6) is 5.75 Å². The summed E-state index contributed by atoms with van der Waals surface area (Å²) in [5.74, 6) is 0.948. The fourth-order valence-electron chi connectivity index (χ4n) is 5.98. The summed E-state index contributed by atoms with van der Waals surface area (Å²) in [5, 5.41) is 5.46. The van der Waals surface area contributed by atoms with Gasteiger partial charge < -0.3 is 13.9 Å². The number of aliphatic imine (C=N–C) groups is 1. The molecule has 148 valence electrons. The summed E-state index contributed by atoms with van der Waals surface area (Å²) in [4.78, 5) is 17.6. The molecule has 2 aromatic heterocycles. The lowest BCUT2D eigenvalue weighted by atomic mass is 9.97. The molecule has 0 spiro atoms. The van der Waals surface area contributed by atoms with Gasteiger partial charge in [0.05, 0.1) is 34.0 Å². The number of rotatable bonds is 0. The van der Waals surface area contributed by atoms with E-state index in [-0.39, 0.29) is 5.78 Å². The Morgan fingerprint density at radius 1 is 1.16 bits per heavy atom. The molecule has 2 aromatic carbocycles. The molecule has 4 aromatic rings. The van der Waals surface area contributed by atoms with Gasteiger partial charge in [0.25, 0.3) is 0 Å². The maximum atomic E-state index is 13.1. The Bertz CT molecular complexity index is 1790. The highest BCUT2D eigenvalue weighted by molar-refractivity contribution is 6.27. The quantitative estimate of drug-likeness (QED) is 0.424. The summed E-state index contributed by atoms with van der Waals surface area (Å²) >= 11 is 0. The van der Waals surface area contributed by atoms with E-state index in [0.717, 1.165) is 38.3 Å². The van der Waals surface area contributed by atoms with Crippen molar-refractivity contribution < 1.29 is 9.53 Å². The van der Waals surface area contributed by atoms with Gasteiger partial charge in [-0.15, -0.1) is 0 Å². The van der Waals surface area contributed by atoms with E-state index >= 15 is 0 Å². The molecule has 1 unspecified atom stereocenters. The van der Waals surface area contributed by atoms with E-state index < -0.39 is 5.60 Å². The first-order valence-electron chi connectivity index (χ1n) is 10.6. The fourth-order valence-corrected chi connectivity index (χ4v) is 5.98. The van der Waals surface area contributed by atoms with Gasteiger partial charge >= 0.3 is 0 Å². The molecule has 0 radical (unpaired) electrons. The molecule has 5 heterocycles. The lowest BCUT2D eigenvalue weighted by molar-refractivity contribution is 0.104. The Kier molecular flexibility index (Phi) is 2.51. The number of nitrogens with zero attached hydrogens (tertiary/aromatic N) is 3. The Labute approximate surface area is 176 Å². The largest absolute Gasteiger partial charge is 0.482 e. The average Bonchev–Trinajstić information content (AvgIpc) is 3.41. The topological polar surface area (TPSA) is 48.5 Å². The highest BCUT2D eigenvalue weighted by Gasteiger charge is 2.34. The highest BCUT2D eigenvalue weighted by atomic mass is 16.5. The summed E-state index contributed by atoms with van der Waals surface area (Å²) in [6, 6.07) is 6.39. The smallest absolute Gasteiger partial charge is 0.188 e. The van der Waals surface area contributed by atoms with Crippen molar-refractivity contribution in [1.29, 1.82) is 0 Å². The van der Waals surface area contributed by atoms with Gasteiger partial charge in [0.1, 0.15) is 11.4 Å². The van der Waals surface area contributed by atoms with Crippen molar-refractivity contribution in [3.8, 4) is 5.75 Å². The predicted molar refractivity (Wildman–Crippen MR) is 122 cm³/mol. The molecule has 4 aliphatic rings. The van der Waals surface area contributed by atoms with Crippen molar-refractivity contribution in [2.45, 2.75) is 25.6 Å². The second-order valence-electron chi connectivity index (χ2n) is 9.02. The third-order valence-corrected chi connectivity index (χ3v) is 7.13. The second kappa shape index (κ2) is 4.89. The standard InChI is InChI=1S/C26H17N3O2/c1-26-8-3-9-28-18-4-2-5-20(30)23(18)22-17-12-27-11-16(17)21-15-7-6-14(31-26)10-19(15)29(13-26)24(21)25(22)28/h2-8,10-12H,9,13H2,1H3/b8-3-. The van der Waals surface area contributed by atoms with Crippen LogP contribution in [0.4, 0.5) is 0 Å². The van der Waals surface area contributed by atoms with Crippen LogP contribution in [-0.2, 0) is 13.1 Å². The second-order valence-corrected chi connectivity index (χ2v) is 9.02. The van der Waals surface area contributed by atoms with Crippen molar-refractivity contribution in [2.24, 2.45) is 4.99 Å². The molecule has 8 rings (SSSR count). The van der Waals surface area contributed by atoms with E-state index in [2.05, 4.69) is 57.5 Å². The van der Waals surface area contributed by atoms with Crippen LogP contribution in [0.3, 0.4) is 0 Å². The molecule has 1 aliphatic carbocycles.